The number of carboxylic acids is 1. The molecular weight excluding hydrogens is 513 g/mol. The predicted molar refractivity (Wildman–Crippen MR) is 142 cm³/mol. The lowest BCUT2D eigenvalue weighted by molar-refractivity contribution is -0.192. The van der Waals surface area contributed by atoms with Crippen molar-refractivity contribution in [1.82, 2.24) is 9.47 Å². The van der Waals surface area contributed by atoms with Crippen molar-refractivity contribution in [2.45, 2.75) is 19.6 Å². The van der Waals surface area contributed by atoms with E-state index in [4.69, 9.17) is 20.6 Å². The molecule has 1 amide bonds. The predicted octanol–water partition coefficient (Wildman–Crippen LogP) is 5.53. The van der Waals surface area contributed by atoms with Crippen molar-refractivity contribution in [1.29, 1.82) is 0 Å². The van der Waals surface area contributed by atoms with Gasteiger partial charge in [0.05, 0.1) is 22.5 Å². The molecule has 0 saturated carbocycles. The maximum absolute atomic E-state index is 12.1. The Labute approximate surface area is 222 Å². The third kappa shape index (κ3) is 7.02. The van der Waals surface area contributed by atoms with Crippen molar-refractivity contribution < 1.29 is 33.0 Å². The van der Waals surface area contributed by atoms with Crippen LogP contribution >= 0.6 is 0 Å². The molecule has 0 atom stereocenters. The Morgan fingerprint density at radius 1 is 1.00 bits per heavy atom. The summed E-state index contributed by atoms with van der Waals surface area (Å²) in [5.74, 6) is -2.98. The molecule has 0 spiro atoms. The second-order valence-electron chi connectivity index (χ2n) is 8.52. The molecule has 0 fully saturated rings. The van der Waals surface area contributed by atoms with E-state index in [2.05, 4.69) is 24.9 Å². The number of hydrogen-bond donors (Lipinski definition) is 3. The van der Waals surface area contributed by atoms with Gasteiger partial charge in [0.15, 0.2) is 0 Å². The first-order valence-electron chi connectivity index (χ1n) is 11.8. The third-order valence-corrected chi connectivity index (χ3v) is 5.74. The van der Waals surface area contributed by atoms with Crippen LogP contribution in [0.25, 0.3) is 10.9 Å². The van der Waals surface area contributed by atoms with Crippen LogP contribution in [-0.2, 0) is 11.3 Å². The number of para-hydroxylation sites is 1. The number of rotatable bonds is 6. The van der Waals surface area contributed by atoms with E-state index in [-0.39, 0.29) is 5.88 Å². The highest BCUT2D eigenvalue weighted by molar-refractivity contribution is 6.23. The highest BCUT2D eigenvalue weighted by Gasteiger charge is 2.38. The molecule has 11 heteroatoms. The van der Waals surface area contributed by atoms with Gasteiger partial charge in [0.2, 0.25) is 5.88 Å². The fourth-order valence-electron chi connectivity index (χ4n) is 3.82. The smallest absolute Gasteiger partial charge is 0.490 e. The quantitative estimate of drug-likeness (QED) is 0.278. The number of carbonyl (C=O) groups excluding carboxylic acids is 1. The Morgan fingerprint density at radius 3 is 2.21 bits per heavy atom. The van der Waals surface area contributed by atoms with Crippen LogP contribution in [0.15, 0.2) is 83.9 Å². The number of amides is 1. The number of hydrogen-bond acceptors (Lipinski definition) is 5. The zero-order valence-corrected chi connectivity index (χ0v) is 21.2. The summed E-state index contributed by atoms with van der Waals surface area (Å²) in [4.78, 5) is 28.2. The molecule has 4 aromatic rings. The van der Waals surface area contributed by atoms with Crippen molar-refractivity contribution in [2.75, 3.05) is 13.6 Å². The zero-order valence-electron chi connectivity index (χ0n) is 21.2. The Morgan fingerprint density at radius 2 is 1.62 bits per heavy atom. The van der Waals surface area contributed by atoms with E-state index in [0.717, 1.165) is 34.5 Å². The highest BCUT2D eigenvalue weighted by atomic mass is 19.4. The van der Waals surface area contributed by atoms with Gasteiger partial charge in [-0.3, -0.25) is 0 Å². The monoisotopic (exact) mass is 540 g/mol. The average molecular weight is 541 g/mol. The number of aromatic nitrogens is 1. The first-order chi connectivity index (χ1) is 18.4. The van der Waals surface area contributed by atoms with Crippen LogP contribution < -0.4 is 5.73 Å². The number of aliphatic carboxylic acids is 1. The molecule has 3 aromatic carbocycles. The summed E-state index contributed by atoms with van der Waals surface area (Å²) in [6.45, 7) is 3.88. The summed E-state index contributed by atoms with van der Waals surface area (Å²) in [5.41, 5.74) is 9.90. The van der Waals surface area contributed by atoms with E-state index in [1.165, 1.54) is 0 Å². The molecule has 4 N–H and O–H groups in total. The number of benzene rings is 3. The number of alkyl halides is 3. The fourth-order valence-corrected chi connectivity index (χ4v) is 3.82. The van der Waals surface area contributed by atoms with Gasteiger partial charge in [0.25, 0.3) is 0 Å². The lowest BCUT2D eigenvalue weighted by Crippen LogP contribution is -2.21. The van der Waals surface area contributed by atoms with Gasteiger partial charge < -0.3 is 20.8 Å². The molecule has 0 aliphatic rings. The van der Waals surface area contributed by atoms with Crippen LogP contribution in [-0.4, -0.2) is 57.2 Å². The van der Waals surface area contributed by atoms with Gasteiger partial charge in [0.1, 0.15) is 0 Å². The van der Waals surface area contributed by atoms with E-state index in [1.807, 2.05) is 60.7 Å². The Balaban J connectivity index is 0.000000532. The number of carboxylic acid groups (broad SMARTS) is 1. The Kier molecular flexibility index (Phi) is 9.10. The number of fused-ring (bicyclic) bond motifs is 1. The van der Waals surface area contributed by atoms with Crippen LogP contribution in [0.4, 0.5) is 23.7 Å². The summed E-state index contributed by atoms with van der Waals surface area (Å²) in [6.07, 6.45) is -5.08. The molecule has 0 aliphatic carbocycles. The number of aliphatic imine (C=N–C) groups is 1. The maximum Gasteiger partial charge on any atom is 0.490 e. The van der Waals surface area contributed by atoms with Crippen molar-refractivity contribution in [3.63, 3.8) is 0 Å². The van der Waals surface area contributed by atoms with Gasteiger partial charge in [-0.2, -0.15) is 13.2 Å². The summed E-state index contributed by atoms with van der Waals surface area (Å²) >= 11 is 0. The number of halogens is 3. The normalized spacial score (nSPS) is 11.8. The second kappa shape index (κ2) is 12.3. The van der Waals surface area contributed by atoms with E-state index >= 15 is 0 Å². The van der Waals surface area contributed by atoms with Crippen LogP contribution in [0.1, 0.15) is 23.6 Å². The molecule has 0 saturated heterocycles. The highest BCUT2D eigenvalue weighted by Crippen LogP contribution is 2.34. The van der Waals surface area contributed by atoms with Crippen LogP contribution in [0.3, 0.4) is 0 Å². The number of aromatic hydroxyl groups is 1. The number of nitrogens with two attached hydrogens (primary N) is 1. The minimum Gasteiger partial charge on any atom is -0.494 e. The molecule has 0 unspecified atom stereocenters. The molecule has 0 bridgehead atoms. The first kappa shape index (κ1) is 28.9. The van der Waals surface area contributed by atoms with Crippen molar-refractivity contribution in [3.05, 3.63) is 95.6 Å². The zero-order chi connectivity index (χ0) is 28.7. The maximum atomic E-state index is 12.1. The first-order valence-corrected chi connectivity index (χ1v) is 11.8. The molecule has 39 heavy (non-hydrogen) atoms. The van der Waals surface area contributed by atoms with E-state index < -0.39 is 18.2 Å². The number of carbonyl (C=O) groups is 2. The standard InChI is InChI=1S/C26H26N4O2.C2HF3O2/c1-3-29(2)17-18-10-9-13-20(16-18)28-24(19-11-5-4-6-12-19)23-21-14-7-8-15-22(21)30(25(23)31)26(27)32;3-2(4,5)1(6)7/h4-16,31H,3,17H2,1-2H3,(H2,27,32);(H,6,7). The molecule has 0 radical (unpaired) electrons. The molecule has 8 nitrogen and oxygen atoms in total. The summed E-state index contributed by atoms with van der Waals surface area (Å²) in [5, 5.41) is 18.9. The lowest BCUT2D eigenvalue weighted by Gasteiger charge is -2.14. The largest absolute Gasteiger partial charge is 0.494 e. The van der Waals surface area contributed by atoms with Crippen LogP contribution in [0.5, 0.6) is 5.88 Å². The van der Waals surface area contributed by atoms with E-state index in [1.54, 1.807) is 12.1 Å². The Hall–Kier alpha value is -4.64. The van der Waals surface area contributed by atoms with Gasteiger partial charge in [-0.15, -0.1) is 0 Å². The summed E-state index contributed by atoms with van der Waals surface area (Å²) < 4.78 is 32.9. The van der Waals surface area contributed by atoms with Gasteiger partial charge in [0, 0.05) is 17.5 Å². The van der Waals surface area contributed by atoms with E-state index in [9.17, 15) is 23.1 Å². The molecule has 1 aromatic heterocycles. The fraction of sp³-hybridized carbons (Fsp3) is 0.179. The summed E-state index contributed by atoms with van der Waals surface area (Å²) in [6, 6.07) is 24.2. The summed E-state index contributed by atoms with van der Waals surface area (Å²) in [7, 11) is 2.07. The van der Waals surface area contributed by atoms with Gasteiger partial charge in [-0.25, -0.2) is 19.1 Å². The topological polar surface area (TPSA) is 121 Å². The number of nitrogens with zero attached hydrogens (tertiary/aromatic N) is 3. The van der Waals surface area contributed by atoms with Crippen molar-refractivity contribution in [3.8, 4) is 5.88 Å². The Bertz CT molecular complexity index is 1500. The van der Waals surface area contributed by atoms with E-state index in [0.29, 0.717) is 22.2 Å². The molecule has 1 heterocycles. The number of primary amides is 1. The molecular formula is C28H27F3N4O4. The average Bonchev–Trinajstić information content (AvgIpc) is 3.19. The lowest BCUT2D eigenvalue weighted by atomic mass is 10.0. The minimum atomic E-state index is -5.08. The second-order valence-corrected chi connectivity index (χ2v) is 8.52. The van der Waals surface area contributed by atoms with Gasteiger partial charge >= 0.3 is 18.2 Å². The van der Waals surface area contributed by atoms with Crippen LogP contribution in [0, 0.1) is 0 Å². The van der Waals surface area contributed by atoms with Crippen LogP contribution in [0.2, 0.25) is 0 Å². The third-order valence-electron chi connectivity index (χ3n) is 5.74. The molecule has 0 aliphatic heterocycles. The SMILES string of the molecule is CCN(C)Cc1cccc(N=C(c2ccccc2)c2c(O)n(C(N)=O)c3ccccc23)c1.O=C(O)C(F)(F)F. The van der Waals surface area contributed by atoms with Gasteiger partial charge in [-0.05, 0) is 37.4 Å². The van der Waals surface area contributed by atoms with Gasteiger partial charge in [-0.1, -0.05) is 67.6 Å². The van der Waals surface area contributed by atoms with Crippen molar-refractivity contribution in [2.24, 2.45) is 10.7 Å². The minimum absolute atomic E-state index is 0.219. The molecule has 204 valence electrons. The van der Waals surface area contributed by atoms with Crippen molar-refractivity contribution >= 4 is 34.3 Å². The molecule has 4 rings (SSSR count).